The van der Waals surface area contributed by atoms with Crippen LogP contribution in [0.3, 0.4) is 0 Å². The van der Waals surface area contributed by atoms with Gasteiger partial charge in [0.1, 0.15) is 0 Å². The van der Waals surface area contributed by atoms with Gasteiger partial charge in [0, 0.05) is 41.3 Å². The zero-order valence-corrected chi connectivity index (χ0v) is 17.9. The van der Waals surface area contributed by atoms with Crippen molar-refractivity contribution in [1.29, 1.82) is 0 Å². The van der Waals surface area contributed by atoms with E-state index in [-0.39, 0.29) is 36.4 Å². The Kier molecular flexibility index (Phi) is 6.66. The van der Waals surface area contributed by atoms with Crippen LogP contribution in [0.15, 0.2) is 53.0 Å². The molecule has 0 aromatic heterocycles. The van der Waals surface area contributed by atoms with Gasteiger partial charge in [-0.1, -0.05) is 34.1 Å². The molecular formula is C19H20BrN3O5S. The van der Waals surface area contributed by atoms with E-state index < -0.39 is 14.9 Å². The number of sulfonamides is 1. The van der Waals surface area contributed by atoms with Crippen LogP contribution >= 0.6 is 15.9 Å². The number of hydrogen-bond acceptors (Lipinski definition) is 5. The van der Waals surface area contributed by atoms with E-state index in [1.54, 1.807) is 24.3 Å². The number of nitro groups is 1. The normalized spacial score (nSPS) is 15.8. The number of anilines is 1. The van der Waals surface area contributed by atoms with Gasteiger partial charge in [0.05, 0.1) is 10.7 Å². The van der Waals surface area contributed by atoms with Gasteiger partial charge in [-0.15, -0.1) is 0 Å². The largest absolute Gasteiger partial charge is 0.326 e. The molecular weight excluding hydrogens is 462 g/mol. The summed E-state index contributed by atoms with van der Waals surface area (Å²) in [5.41, 5.74) is 0.954. The van der Waals surface area contributed by atoms with E-state index in [4.69, 9.17) is 0 Å². The second-order valence-corrected chi connectivity index (χ2v) is 9.74. The Bertz CT molecular complexity index is 1020. The van der Waals surface area contributed by atoms with Crippen molar-refractivity contribution in [2.45, 2.75) is 18.6 Å². The summed E-state index contributed by atoms with van der Waals surface area (Å²) in [6, 6.07) is 12.9. The van der Waals surface area contributed by atoms with Crippen LogP contribution in [0.2, 0.25) is 0 Å². The molecule has 1 amide bonds. The molecule has 29 heavy (non-hydrogen) atoms. The lowest BCUT2D eigenvalue weighted by molar-refractivity contribution is -0.384. The number of carbonyl (C=O) groups is 1. The van der Waals surface area contributed by atoms with Crippen molar-refractivity contribution in [3.8, 4) is 0 Å². The highest BCUT2D eigenvalue weighted by Gasteiger charge is 2.31. The molecule has 3 rings (SSSR count). The Morgan fingerprint density at radius 1 is 1.17 bits per heavy atom. The number of amides is 1. The van der Waals surface area contributed by atoms with Crippen molar-refractivity contribution in [2.24, 2.45) is 5.92 Å². The number of hydrogen-bond donors (Lipinski definition) is 1. The Balaban J connectivity index is 1.57. The van der Waals surface area contributed by atoms with Crippen molar-refractivity contribution >= 4 is 43.2 Å². The molecule has 0 unspecified atom stereocenters. The first-order valence-corrected chi connectivity index (χ1v) is 11.4. The second kappa shape index (κ2) is 9.02. The monoisotopic (exact) mass is 481 g/mol. The van der Waals surface area contributed by atoms with Crippen LogP contribution in [0, 0.1) is 16.0 Å². The van der Waals surface area contributed by atoms with Crippen LogP contribution in [-0.2, 0) is 20.6 Å². The minimum Gasteiger partial charge on any atom is -0.326 e. The number of non-ortho nitro benzene ring substituents is 1. The second-order valence-electron chi connectivity index (χ2n) is 6.86. The first-order valence-electron chi connectivity index (χ1n) is 9.02. The molecule has 0 saturated carbocycles. The third-order valence-electron chi connectivity index (χ3n) is 4.78. The van der Waals surface area contributed by atoms with Gasteiger partial charge in [-0.05, 0) is 36.6 Å². The molecule has 10 heteroatoms. The van der Waals surface area contributed by atoms with Gasteiger partial charge in [-0.2, -0.15) is 0 Å². The summed E-state index contributed by atoms with van der Waals surface area (Å²) in [4.78, 5) is 22.8. The average molecular weight is 482 g/mol. The van der Waals surface area contributed by atoms with Crippen LogP contribution in [0.25, 0.3) is 0 Å². The molecule has 0 aliphatic carbocycles. The van der Waals surface area contributed by atoms with E-state index in [9.17, 15) is 23.3 Å². The summed E-state index contributed by atoms with van der Waals surface area (Å²) >= 11 is 3.34. The Morgan fingerprint density at radius 3 is 2.52 bits per heavy atom. The molecule has 0 bridgehead atoms. The first kappa shape index (κ1) is 21.4. The van der Waals surface area contributed by atoms with Gasteiger partial charge in [0.2, 0.25) is 15.9 Å². The number of nitrogens with one attached hydrogen (secondary N) is 1. The Morgan fingerprint density at radius 2 is 1.86 bits per heavy atom. The highest BCUT2D eigenvalue weighted by Crippen LogP contribution is 2.24. The highest BCUT2D eigenvalue weighted by molar-refractivity contribution is 9.10. The van der Waals surface area contributed by atoms with Crippen LogP contribution in [0.5, 0.6) is 0 Å². The van der Waals surface area contributed by atoms with Crippen molar-refractivity contribution in [1.82, 2.24) is 4.31 Å². The maximum Gasteiger partial charge on any atom is 0.271 e. The number of nitrogens with zero attached hydrogens (tertiary/aromatic N) is 2. The molecule has 154 valence electrons. The van der Waals surface area contributed by atoms with E-state index in [0.717, 1.165) is 4.47 Å². The Hall–Kier alpha value is -2.30. The first-order chi connectivity index (χ1) is 13.7. The van der Waals surface area contributed by atoms with Gasteiger partial charge in [0.15, 0.2) is 0 Å². The van der Waals surface area contributed by atoms with E-state index in [1.807, 2.05) is 6.07 Å². The summed E-state index contributed by atoms with van der Waals surface area (Å²) in [6.07, 6.45) is 0.803. The van der Waals surface area contributed by atoms with E-state index in [0.29, 0.717) is 24.1 Å². The fraction of sp³-hybridized carbons (Fsp3) is 0.316. The number of carbonyl (C=O) groups excluding carboxylic acids is 1. The number of nitro benzene ring substituents is 1. The van der Waals surface area contributed by atoms with E-state index >= 15 is 0 Å². The van der Waals surface area contributed by atoms with Crippen molar-refractivity contribution < 1.29 is 18.1 Å². The zero-order chi connectivity index (χ0) is 21.0. The molecule has 1 N–H and O–H groups in total. The highest BCUT2D eigenvalue weighted by atomic mass is 79.9. The quantitative estimate of drug-likeness (QED) is 0.501. The number of benzene rings is 2. The molecule has 1 saturated heterocycles. The maximum absolute atomic E-state index is 12.7. The molecule has 1 heterocycles. The third kappa shape index (κ3) is 5.62. The smallest absolute Gasteiger partial charge is 0.271 e. The predicted octanol–water partition coefficient (Wildman–Crippen LogP) is 3.54. The van der Waals surface area contributed by atoms with Crippen LogP contribution < -0.4 is 5.32 Å². The minimum atomic E-state index is -3.47. The van der Waals surface area contributed by atoms with E-state index in [2.05, 4.69) is 21.2 Å². The number of piperidine rings is 1. The van der Waals surface area contributed by atoms with Gasteiger partial charge >= 0.3 is 0 Å². The van der Waals surface area contributed by atoms with Gasteiger partial charge in [-0.3, -0.25) is 14.9 Å². The molecule has 2 aromatic rings. The lowest BCUT2D eigenvalue weighted by Crippen LogP contribution is -2.41. The SMILES string of the molecule is O=C(Nc1cccc([N+](=O)[O-])c1)C1CCN(S(=O)(=O)Cc2cccc(Br)c2)CC1. The molecule has 1 aliphatic heterocycles. The number of halogens is 1. The lowest BCUT2D eigenvalue weighted by Gasteiger charge is -2.30. The van der Waals surface area contributed by atoms with Crippen LogP contribution in [0.1, 0.15) is 18.4 Å². The molecule has 0 radical (unpaired) electrons. The van der Waals surface area contributed by atoms with Crippen LogP contribution in [0.4, 0.5) is 11.4 Å². The summed E-state index contributed by atoms with van der Waals surface area (Å²) in [7, 11) is -3.47. The molecule has 1 fully saturated rings. The molecule has 0 atom stereocenters. The molecule has 0 spiro atoms. The number of rotatable bonds is 6. The predicted molar refractivity (Wildman–Crippen MR) is 113 cm³/mol. The Labute approximate surface area is 177 Å². The summed E-state index contributed by atoms with van der Waals surface area (Å²) in [6.45, 7) is 0.534. The average Bonchev–Trinajstić information content (AvgIpc) is 2.68. The molecule has 8 nitrogen and oxygen atoms in total. The third-order valence-corrected chi connectivity index (χ3v) is 7.12. The lowest BCUT2D eigenvalue weighted by atomic mass is 9.97. The van der Waals surface area contributed by atoms with Crippen molar-refractivity contribution in [2.75, 3.05) is 18.4 Å². The maximum atomic E-state index is 12.7. The topological polar surface area (TPSA) is 110 Å². The van der Waals surface area contributed by atoms with Crippen LogP contribution in [-0.4, -0.2) is 36.6 Å². The fourth-order valence-corrected chi connectivity index (χ4v) is 5.26. The summed E-state index contributed by atoms with van der Waals surface area (Å²) in [5, 5.41) is 13.5. The summed E-state index contributed by atoms with van der Waals surface area (Å²) < 4.78 is 27.6. The van der Waals surface area contributed by atoms with Crippen molar-refractivity contribution in [3.63, 3.8) is 0 Å². The fourth-order valence-electron chi connectivity index (χ4n) is 3.27. The molecule has 2 aromatic carbocycles. The standard InChI is InChI=1S/C19H20BrN3O5S/c20-16-4-1-3-14(11-16)13-29(27,28)22-9-7-15(8-10-22)19(24)21-17-5-2-6-18(12-17)23(25)26/h1-6,11-12,15H,7-10,13H2,(H,21,24). The van der Waals surface area contributed by atoms with Gasteiger partial charge in [0.25, 0.3) is 5.69 Å². The van der Waals surface area contributed by atoms with Gasteiger partial charge < -0.3 is 5.32 Å². The summed E-state index contributed by atoms with van der Waals surface area (Å²) in [5.74, 6) is -0.683. The van der Waals surface area contributed by atoms with E-state index in [1.165, 1.54) is 22.5 Å². The zero-order valence-electron chi connectivity index (χ0n) is 15.5. The van der Waals surface area contributed by atoms with Gasteiger partial charge in [-0.25, -0.2) is 12.7 Å². The minimum absolute atomic E-state index is 0.0863. The molecule has 1 aliphatic rings. The van der Waals surface area contributed by atoms with Crippen molar-refractivity contribution in [3.05, 3.63) is 68.7 Å².